The van der Waals surface area contributed by atoms with E-state index in [9.17, 15) is 13.6 Å². The number of hydrogen-bond donors (Lipinski definition) is 2. The fourth-order valence-corrected chi connectivity index (χ4v) is 0.534. The summed E-state index contributed by atoms with van der Waals surface area (Å²) in [7, 11) is 0. The van der Waals surface area contributed by atoms with Crippen LogP contribution in [0.15, 0.2) is 0 Å². The van der Waals surface area contributed by atoms with Gasteiger partial charge in [-0.05, 0) is 13.3 Å². The molecule has 0 aromatic carbocycles. The Morgan fingerprint density at radius 3 is 2.50 bits per heavy atom. The van der Waals surface area contributed by atoms with Crippen LogP contribution in [0.2, 0.25) is 0 Å². The summed E-state index contributed by atoms with van der Waals surface area (Å²) in [4.78, 5) is 10.2. The van der Waals surface area contributed by atoms with Gasteiger partial charge in [-0.15, -0.1) is 0 Å². The van der Waals surface area contributed by atoms with E-state index in [-0.39, 0.29) is 6.04 Å². The summed E-state index contributed by atoms with van der Waals surface area (Å²) < 4.78 is 25.0. The Balaban J connectivity index is 3.83. The summed E-state index contributed by atoms with van der Waals surface area (Å²) in [6.45, 7) is 2.94. The van der Waals surface area contributed by atoms with E-state index in [1.54, 1.807) is 6.92 Å². The third-order valence-corrected chi connectivity index (χ3v) is 1.65. The molecule has 1 unspecified atom stereocenters. The molecular formula is C7H14F2N2O. The van der Waals surface area contributed by atoms with Crippen LogP contribution in [0.4, 0.5) is 8.78 Å². The first kappa shape index (κ1) is 11.3. The number of rotatable bonds is 5. The number of halogens is 2. The lowest BCUT2D eigenvalue weighted by Crippen LogP contribution is -2.46. The van der Waals surface area contributed by atoms with Crippen LogP contribution in [0.25, 0.3) is 0 Å². The smallest absolute Gasteiger partial charge is 0.336 e. The van der Waals surface area contributed by atoms with E-state index in [0.29, 0.717) is 0 Å². The van der Waals surface area contributed by atoms with Gasteiger partial charge in [-0.1, -0.05) is 6.92 Å². The fraction of sp³-hybridized carbons (Fsp3) is 0.857. The highest BCUT2D eigenvalue weighted by atomic mass is 19.3. The lowest BCUT2D eigenvalue weighted by atomic mass is 10.2. The van der Waals surface area contributed by atoms with E-state index in [4.69, 9.17) is 0 Å². The van der Waals surface area contributed by atoms with E-state index >= 15 is 0 Å². The number of nitrogens with one attached hydrogen (secondary N) is 1. The second kappa shape index (κ2) is 4.35. The van der Waals surface area contributed by atoms with E-state index < -0.39 is 18.4 Å². The minimum atomic E-state index is -3.44. The van der Waals surface area contributed by atoms with Gasteiger partial charge in [-0.3, -0.25) is 4.79 Å². The van der Waals surface area contributed by atoms with Crippen molar-refractivity contribution in [2.24, 2.45) is 5.73 Å². The maximum absolute atomic E-state index is 12.5. The molecule has 1 amide bonds. The molecule has 0 aliphatic rings. The van der Waals surface area contributed by atoms with Crippen molar-refractivity contribution in [3.8, 4) is 0 Å². The Kier molecular flexibility index (Phi) is 4.09. The molecule has 0 saturated heterocycles. The number of carbonyl (C=O) groups is 1. The van der Waals surface area contributed by atoms with Crippen molar-refractivity contribution in [3.05, 3.63) is 0 Å². The normalized spacial score (nSPS) is 14.3. The molecule has 0 aliphatic carbocycles. The molecule has 0 spiro atoms. The van der Waals surface area contributed by atoms with E-state index in [0.717, 1.165) is 6.42 Å². The minimum Gasteiger partial charge on any atom is -0.364 e. The zero-order chi connectivity index (χ0) is 9.78. The number of nitrogens with two attached hydrogens (primary N) is 1. The van der Waals surface area contributed by atoms with Gasteiger partial charge >= 0.3 is 5.92 Å². The molecule has 3 N–H and O–H groups in total. The van der Waals surface area contributed by atoms with E-state index in [1.807, 2.05) is 6.92 Å². The third-order valence-electron chi connectivity index (χ3n) is 1.65. The lowest BCUT2D eigenvalue weighted by Gasteiger charge is -2.16. The van der Waals surface area contributed by atoms with Crippen molar-refractivity contribution in [2.45, 2.75) is 32.2 Å². The van der Waals surface area contributed by atoms with Gasteiger partial charge in [0.15, 0.2) is 0 Å². The summed E-state index contributed by atoms with van der Waals surface area (Å²) >= 11 is 0. The van der Waals surface area contributed by atoms with Crippen LogP contribution in [-0.2, 0) is 4.79 Å². The molecule has 0 radical (unpaired) electrons. The van der Waals surface area contributed by atoms with Crippen LogP contribution in [0.3, 0.4) is 0 Å². The van der Waals surface area contributed by atoms with Crippen molar-refractivity contribution >= 4 is 5.91 Å². The maximum atomic E-state index is 12.5. The average Bonchev–Trinajstić information content (AvgIpc) is 2.00. The zero-order valence-corrected chi connectivity index (χ0v) is 7.23. The van der Waals surface area contributed by atoms with Gasteiger partial charge in [-0.2, -0.15) is 8.78 Å². The van der Waals surface area contributed by atoms with Crippen molar-refractivity contribution in [1.29, 1.82) is 0 Å². The summed E-state index contributed by atoms with van der Waals surface area (Å²) in [5.74, 6) is -5.03. The molecule has 0 fully saturated rings. The molecule has 0 rings (SSSR count). The molecule has 0 aromatic rings. The predicted molar refractivity (Wildman–Crippen MR) is 41.9 cm³/mol. The van der Waals surface area contributed by atoms with Gasteiger partial charge in [0.2, 0.25) is 0 Å². The van der Waals surface area contributed by atoms with Crippen LogP contribution in [0.1, 0.15) is 20.3 Å². The van der Waals surface area contributed by atoms with E-state index in [1.165, 1.54) is 0 Å². The van der Waals surface area contributed by atoms with Gasteiger partial charge in [-0.25, -0.2) is 0 Å². The maximum Gasteiger partial charge on any atom is 0.336 e. The first-order chi connectivity index (χ1) is 5.40. The standard InChI is InChI=1S/C7H14F2N2O/c1-3-5(2)11-4-7(8,9)6(10)12/h5,11H,3-4H2,1-2H3,(H2,10,12). The van der Waals surface area contributed by atoms with Crippen molar-refractivity contribution in [1.82, 2.24) is 5.32 Å². The number of carbonyl (C=O) groups excluding carboxylic acids is 1. The molecule has 1 atom stereocenters. The minimum absolute atomic E-state index is 0.0322. The monoisotopic (exact) mass is 180 g/mol. The summed E-state index contributed by atoms with van der Waals surface area (Å²) in [5.41, 5.74) is 4.47. The Morgan fingerprint density at radius 2 is 2.17 bits per heavy atom. The fourth-order valence-electron chi connectivity index (χ4n) is 0.534. The number of primary amides is 1. The quantitative estimate of drug-likeness (QED) is 0.647. The van der Waals surface area contributed by atoms with Crippen LogP contribution < -0.4 is 11.1 Å². The molecule has 0 heterocycles. The van der Waals surface area contributed by atoms with Gasteiger partial charge in [0.1, 0.15) is 0 Å². The van der Waals surface area contributed by atoms with Crippen LogP contribution >= 0.6 is 0 Å². The SMILES string of the molecule is CCC(C)NCC(F)(F)C(N)=O. The van der Waals surface area contributed by atoms with Gasteiger partial charge in [0, 0.05) is 6.04 Å². The Bertz CT molecular complexity index is 161. The average molecular weight is 180 g/mol. The number of amides is 1. The van der Waals surface area contributed by atoms with Gasteiger partial charge < -0.3 is 11.1 Å². The first-order valence-corrected chi connectivity index (χ1v) is 3.81. The second-order valence-corrected chi connectivity index (χ2v) is 2.76. The Morgan fingerprint density at radius 1 is 1.67 bits per heavy atom. The Labute approximate surface area is 70.3 Å². The predicted octanol–water partition coefficient (Wildman–Crippen LogP) is 0.495. The molecular weight excluding hydrogens is 166 g/mol. The topological polar surface area (TPSA) is 55.1 Å². The summed E-state index contributed by atoms with van der Waals surface area (Å²) in [6, 6.07) is -0.0322. The molecule has 5 heteroatoms. The first-order valence-electron chi connectivity index (χ1n) is 3.81. The Hall–Kier alpha value is -0.710. The second-order valence-electron chi connectivity index (χ2n) is 2.76. The van der Waals surface area contributed by atoms with Crippen LogP contribution in [-0.4, -0.2) is 24.4 Å². The van der Waals surface area contributed by atoms with Crippen molar-refractivity contribution < 1.29 is 13.6 Å². The van der Waals surface area contributed by atoms with Crippen molar-refractivity contribution in [2.75, 3.05) is 6.54 Å². The number of alkyl halides is 2. The molecule has 12 heavy (non-hydrogen) atoms. The van der Waals surface area contributed by atoms with Crippen molar-refractivity contribution in [3.63, 3.8) is 0 Å². The molecule has 0 aromatic heterocycles. The zero-order valence-electron chi connectivity index (χ0n) is 7.23. The molecule has 72 valence electrons. The van der Waals surface area contributed by atoms with Gasteiger partial charge in [0.25, 0.3) is 5.91 Å². The highest BCUT2D eigenvalue weighted by Crippen LogP contribution is 2.10. The molecule has 0 aliphatic heterocycles. The van der Waals surface area contributed by atoms with Gasteiger partial charge in [0.05, 0.1) is 6.54 Å². The highest BCUT2D eigenvalue weighted by molar-refractivity contribution is 5.81. The highest BCUT2D eigenvalue weighted by Gasteiger charge is 2.36. The molecule has 0 saturated carbocycles. The summed E-state index contributed by atoms with van der Waals surface area (Å²) in [6.07, 6.45) is 0.731. The van der Waals surface area contributed by atoms with E-state index in [2.05, 4.69) is 11.1 Å². The largest absolute Gasteiger partial charge is 0.364 e. The van der Waals surface area contributed by atoms with Crippen LogP contribution in [0.5, 0.6) is 0 Å². The summed E-state index contributed by atoms with van der Waals surface area (Å²) in [5, 5.41) is 2.50. The lowest BCUT2D eigenvalue weighted by molar-refractivity contribution is -0.141. The third kappa shape index (κ3) is 3.61. The number of hydrogen-bond acceptors (Lipinski definition) is 2. The molecule has 0 bridgehead atoms. The van der Waals surface area contributed by atoms with Crippen LogP contribution in [0, 0.1) is 0 Å². The molecule has 3 nitrogen and oxygen atoms in total.